The van der Waals surface area contributed by atoms with Crippen LogP contribution in [0.5, 0.6) is 11.6 Å². The van der Waals surface area contributed by atoms with E-state index in [9.17, 15) is 5.11 Å². The maximum atomic E-state index is 9.21. The molecule has 1 aromatic carbocycles. The van der Waals surface area contributed by atoms with E-state index in [1.165, 1.54) is 11.0 Å². The van der Waals surface area contributed by atoms with Gasteiger partial charge in [-0.2, -0.15) is 4.80 Å². The number of rotatable bonds is 6. The molecule has 0 radical (unpaired) electrons. The van der Waals surface area contributed by atoms with Crippen LogP contribution in [0.2, 0.25) is 5.02 Å². The minimum atomic E-state index is -0.804. The van der Waals surface area contributed by atoms with Gasteiger partial charge in [0.25, 0.3) is 0 Å². The Kier molecular flexibility index (Phi) is 4.93. The average molecular weight is 361 g/mol. The molecule has 0 aliphatic carbocycles. The SMILES string of the molecule is C[C@](N)(CO)Cn1nnc(-c2ccc(Oc3ccc(Cl)cn3)cc2)n1. The fraction of sp³-hybridized carbons (Fsp3) is 0.250. The summed E-state index contributed by atoms with van der Waals surface area (Å²) < 4.78 is 5.63. The summed E-state index contributed by atoms with van der Waals surface area (Å²) in [6.07, 6.45) is 1.52. The Hall–Kier alpha value is -2.55. The third-order valence-corrected chi connectivity index (χ3v) is 3.58. The lowest BCUT2D eigenvalue weighted by Crippen LogP contribution is -2.44. The number of aromatic nitrogens is 5. The number of aliphatic hydroxyl groups is 1. The van der Waals surface area contributed by atoms with Crippen molar-refractivity contribution in [2.45, 2.75) is 19.0 Å². The molecule has 0 aliphatic rings. The fourth-order valence-electron chi connectivity index (χ4n) is 2.01. The Balaban J connectivity index is 1.70. The Bertz CT molecular complexity index is 833. The van der Waals surface area contributed by atoms with Gasteiger partial charge in [0.15, 0.2) is 0 Å². The van der Waals surface area contributed by atoms with E-state index in [2.05, 4.69) is 20.4 Å². The summed E-state index contributed by atoms with van der Waals surface area (Å²) in [5, 5.41) is 22.0. The van der Waals surface area contributed by atoms with Crippen LogP contribution in [-0.2, 0) is 6.54 Å². The van der Waals surface area contributed by atoms with Gasteiger partial charge in [-0.3, -0.25) is 0 Å². The number of benzene rings is 1. The molecule has 0 saturated carbocycles. The normalized spacial score (nSPS) is 13.4. The lowest BCUT2D eigenvalue weighted by molar-refractivity contribution is 0.182. The molecular formula is C16H17ClN6O2. The monoisotopic (exact) mass is 360 g/mol. The van der Waals surface area contributed by atoms with Crippen molar-refractivity contribution in [2.24, 2.45) is 5.73 Å². The van der Waals surface area contributed by atoms with Gasteiger partial charge in [-0.05, 0) is 42.5 Å². The van der Waals surface area contributed by atoms with Gasteiger partial charge >= 0.3 is 0 Å². The zero-order valence-electron chi connectivity index (χ0n) is 13.5. The topological polar surface area (TPSA) is 112 Å². The van der Waals surface area contributed by atoms with Crippen molar-refractivity contribution in [1.82, 2.24) is 25.2 Å². The van der Waals surface area contributed by atoms with E-state index >= 15 is 0 Å². The van der Waals surface area contributed by atoms with Gasteiger partial charge in [0.2, 0.25) is 11.7 Å². The first-order chi connectivity index (χ1) is 11.9. The number of nitrogens with two attached hydrogens (primary N) is 1. The molecule has 0 spiro atoms. The molecule has 3 N–H and O–H groups in total. The van der Waals surface area contributed by atoms with Crippen LogP contribution in [0.15, 0.2) is 42.6 Å². The molecule has 1 atom stereocenters. The van der Waals surface area contributed by atoms with Gasteiger partial charge in [0.1, 0.15) is 5.75 Å². The number of tetrazole rings is 1. The highest BCUT2D eigenvalue weighted by Crippen LogP contribution is 2.23. The first-order valence-electron chi connectivity index (χ1n) is 7.53. The van der Waals surface area contributed by atoms with E-state index in [0.29, 0.717) is 22.5 Å². The molecule has 0 saturated heterocycles. The molecule has 3 aromatic rings. The van der Waals surface area contributed by atoms with Gasteiger partial charge in [0, 0.05) is 17.8 Å². The van der Waals surface area contributed by atoms with Crippen molar-refractivity contribution in [3.63, 3.8) is 0 Å². The minimum absolute atomic E-state index is 0.172. The Morgan fingerprint density at radius 1 is 1.24 bits per heavy atom. The highest BCUT2D eigenvalue weighted by Gasteiger charge is 2.20. The van der Waals surface area contributed by atoms with E-state index in [1.54, 1.807) is 31.2 Å². The Labute approximate surface area is 149 Å². The van der Waals surface area contributed by atoms with Gasteiger partial charge in [-0.1, -0.05) is 11.6 Å². The number of nitrogens with zero attached hydrogens (tertiary/aromatic N) is 5. The molecule has 130 valence electrons. The second-order valence-corrected chi connectivity index (χ2v) is 6.33. The molecule has 25 heavy (non-hydrogen) atoms. The van der Waals surface area contributed by atoms with Crippen LogP contribution >= 0.6 is 11.6 Å². The van der Waals surface area contributed by atoms with Crippen LogP contribution in [0.25, 0.3) is 11.4 Å². The number of ether oxygens (including phenoxy) is 1. The van der Waals surface area contributed by atoms with Crippen LogP contribution in [0.3, 0.4) is 0 Å². The molecule has 2 heterocycles. The molecule has 3 rings (SSSR count). The minimum Gasteiger partial charge on any atom is -0.439 e. The second-order valence-electron chi connectivity index (χ2n) is 5.90. The third-order valence-electron chi connectivity index (χ3n) is 3.35. The number of hydrogen-bond donors (Lipinski definition) is 2. The number of pyridine rings is 1. The molecule has 9 heteroatoms. The smallest absolute Gasteiger partial charge is 0.219 e. The standard InChI is InChI=1S/C16H17ClN6O2/c1-16(18,10-24)9-23-21-15(20-22-23)11-2-5-13(6-3-11)25-14-7-4-12(17)8-19-14/h2-8,24H,9-10,18H2,1H3/t16-/m1/s1. The lowest BCUT2D eigenvalue weighted by Gasteiger charge is -2.19. The zero-order valence-corrected chi connectivity index (χ0v) is 14.3. The van der Waals surface area contributed by atoms with Crippen molar-refractivity contribution in [3.05, 3.63) is 47.6 Å². The summed E-state index contributed by atoms with van der Waals surface area (Å²) >= 11 is 5.79. The van der Waals surface area contributed by atoms with Gasteiger partial charge in [-0.25, -0.2) is 4.98 Å². The van der Waals surface area contributed by atoms with Crippen LogP contribution in [0, 0.1) is 0 Å². The average Bonchev–Trinajstić information content (AvgIpc) is 3.05. The van der Waals surface area contributed by atoms with E-state index in [-0.39, 0.29) is 13.2 Å². The van der Waals surface area contributed by atoms with Gasteiger partial charge < -0.3 is 15.6 Å². The van der Waals surface area contributed by atoms with E-state index in [0.717, 1.165) is 5.56 Å². The number of halogens is 1. The summed E-state index contributed by atoms with van der Waals surface area (Å²) in [4.78, 5) is 5.44. The molecular weight excluding hydrogens is 344 g/mol. The van der Waals surface area contributed by atoms with Crippen molar-refractivity contribution >= 4 is 11.6 Å². The van der Waals surface area contributed by atoms with Crippen LogP contribution in [-0.4, -0.2) is 42.4 Å². The van der Waals surface area contributed by atoms with E-state index in [4.69, 9.17) is 22.1 Å². The van der Waals surface area contributed by atoms with Gasteiger partial charge in [-0.15, -0.1) is 10.2 Å². The van der Waals surface area contributed by atoms with Crippen molar-refractivity contribution in [3.8, 4) is 23.0 Å². The molecule has 0 aliphatic heterocycles. The maximum absolute atomic E-state index is 9.21. The summed E-state index contributed by atoms with van der Waals surface area (Å²) in [6.45, 7) is 1.81. The quantitative estimate of drug-likeness (QED) is 0.690. The van der Waals surface area contributed by atoms with Crippen molar-refractivity contribution < 1.29 is 9.84 Å². The van der Waals surface area contributed by atoms with E-state index < -0.39 is 5.54 Å². The molecule has 0 bridgehead atoms. The zero-order chi connectivity index (χ0) is 17.9. The van der Waals surface area contributed by atoms with Crippen LogP contribution < -0.4 is 10.5 Å². The summed E-state index contributed by atoms with van der Waals surface area (Å²) in [5.41, 5.74) is 5.87. The molecule has 2 aromatic heterocycles. The number of hydrogen-bond acceptors (Lipinski definition) is 7. The largest absolute Gasteiger partial charge is 0.439 e. The van der Waals surface area contributed by atoms with Crippen LogP contribution in [0.4, 0.5) is 0 Å². The van der Waals surface area contributed by atoms with E-state index in [1.807, 2.05) is 12.1 Å². The first kappa shape index (κ1) is 17.3. The fourth-order valence-corrected chi connectivity index (χ4v) is 2.13. The maximum Gasteiger partial charge on any atom is 0.219 e. The summed E-state index contributed by atoms with van der Waals surface area (Å²) in [7, 11) is 0. The van der Waals surface area contributed by atoms with Gasteiger partial charge in [0.05, 0.1) is 23.7 Å². The highest BCUT2D eigenvalue weighted by atomic mass is 35.5. The summed E-state index contributed by atoms with van der Waals surface area (Å²) in [6, 6.07) is 10.6. The predicted molar refractivity (Wildman–Crippen MR) is 92.3 cm³/mol. The number of aliphatic hydroxyl groups excluding tert-OH is 1. The molecule has 0 unspecified atom stereocenters. The molecule has 0 amide bonds. The van der Waals surface area contributed by atoms with Crippen molar-refractivity contribution in [1.29, 1.82) is 0 Å². The first-order valence-corrected chi connectivity index (χ1v) is 7.90. The van der Waals surface area contributed by atoms with Crippen LogP contribution in [0.1, 0.15) is 6.92 Å². The Morgan fingerprint density at radius 2 is 2.00 bits per heavy atom. The second kappa shape index (κ2) is 7.14. The third kappa shape index (κ3) is 4.50. The lowest BCUT2D eigenvalue weighted by atomic mass is 10.1. The predicted octanol–water partition coefficient (Wildman–Crippen LogP) is 1.89. The Morgan fingerprint density at radius 3 is 2.64 bits per heavy atom. The molecule has 0 fully saturated rings. The van der Waals surface area contributed by atoms with Crippen molar-refractivity contribution in [2.75, 3.05) is 6.61 Å². The highest BCUT2D eigenvalue weighted by molar-refractivity contribution is 6.30. The summed E-state index contributed by atoms with van der Waals surface area (Å²) in [5.74, 6) is 1.54. The molecule has 8 nitrogen and oxygen atoms in total.